The molecule has 0 aliphatic rings. The number of hydrogen-bond acceptors (Lipinski definition) is 4. The Morgan fingerprint density at radius 3 is 2.70 bits per heavy atom. The van der Waals surface area contributed by atoms with Crippen LogP contribution < -0.4 is 10.6 Å². The van der Waals surface area contributed by atoms with Crippen molar-refractivity contribution in [1.82, 2.24) is 9.97 Å². The quantitative estimate of drug-likeness (QED) is 0.877. The fraction of sp³-hybridized carbons (Fsp3) is 0.286. The Morgan fingerprint density at radius 1 is 1.20 bits per heavy atom. The second kappa shape index (κ2) is 6.27. The highest BCUT2D eigenvalue weighted by atomic mass is 19.1. The molecule has 6 heteroatoms. The zero-order chi connectivity index (χ0) is 14.5. The van der Waals surface area contributed by atoms with Crippen LogP contribution in [0, 0.1) is 18.6 Å². The Hall–Kier alpha value is -2.24. The average Bonchev–Trinajstić information content (AvgIpc) is 2.38. The van der Waals surface area contributed by atoms with Crippen molar-refractivity contribution in [1.29, 1.82) is 0 Å². The summed E-state index contributed by atoms with van der Waals surface area (Å²) >= 11 is 0. The fourth-order valence-corrected chi connectivity index (χ4v) is 1.72. The SMILES string of the molecule is CCCNc1ncc(F)c(Nc2cc(C)cc(F)c2)n1. The average molecular weight is 278 g/mol. The van der Waals surface area contributed by atoms with E-state index in [-0.39, 0.29) is 11.6 Å². The van der Waals surface area contributed by atoms with E-state index in [4.69, 9.17) is 0 Å². The minimum Gasteiger partial charge on any atom is -0.354 e. The lowest BCUT2D eigenvalue weighted by Gasteiger charge is -2.09. The number of aryl methyl sites for hydroxylation is 1. The highest BCUT2D eigenvalue weighted by Crippen LogP contribution is 2.20. The molecular weight excluding hydrogens is 262 g/mol. The van der Waals surface area contributed by atoms with Crippen molar-refractivity contribution in [2.75, 3.05) is 17.2 Å². The van der Waals surface area contributed by atoms with Gasteiger partial charge in [0.25, 0.3) is 0 Å². The van der Waals surface area contributed by atoms with Gasteiger partial charge in [-0.15, -0.1) is 0 Å². The molecule has 4 nitrogen and oxygen atoms in total. The molecule has 0 saturated carbocycles. The molecule has 0 aliphatic heterocycles. The van der Waals surface area contributed by atoms with Crippen molar-refractivity contribution < 1.29 is 8.78 Å². The van der Waals surface area contributed by atoms with Gasteiger partial charge in [0.1, 0.15) is 5.82 Å². The number of halogens is 2. The standard InChI is InChI=1S/C14H16F2N4/c1-3-4-17-14-18-8-12(16)13(20-14)19-11-6-9(2)5-10(15)7-11/h5-8H,3-4H2,1-2H3,(H2,17,18,19,20). The first-order valence-electron chi connectivity index (χ1n) is 6.39. The van der Waals surface area contributed by atoms with E-state index in [9.17, 15) is 8.78 Å². The smallest absolute Gasteiger partial charge is 0.224 e. The van der Waals surface area contributed by atoms with Gasteiger partial charge in [0.2, 0.25) is 5.95 Å². The lowest BCUT2D eigenvalue weighted by molar-refractivity contribution is 0.618. The zero-order valence-corrected chi connectivity index (χ0v) is 11.4. The number of anilines is 3. The Morgan fingerprint density at radius 2 is 2.00 bits per heavy atom. The fourth-order valence-electron chi connectivity index (χ4n) is 1.72. The van der Waals surface area contributed by atoms with Crippen LogP contribution in [-0.4, -0.2) is 16.5 Å². The van der Waals surface area contributed by atoms with Gasteiger partial charge in [-0.2, -0.15) is 4.98 Å². The van der Waals surface area contributed by atoms with Crippen LogP contribution in [0.1, 0.15) is 18.9 Å². The molecule has 0 spiro atoms. The summed E-state index contributed by atoms with van der Waals surface area (Å²) in [5.74, 6) is -0.618. The van der Waals surface area contributed by atoms with Crippen LogP contribution >= 0.6 is 0 Å². The third kappa shape index (κ3) is 3.63. The van der Waals surface area contributed by atoms with Crippen molar-refractivity contribution in [3.05, 3.63) is 41.6 Å². The van der Waals surface area contributed by atoms with Crippen LogP contribution in [0.3, 0.4) is 0 Å². The molecule has 2 aromatic rings. The van der Waals surface area contributed by atoms with Gasteiger partial charge < -0.3 is 10.6 Å². The van der Waals surface area contributed by atoms with Gasteiger partial charge in [-0.3, -0.25) is 0 Å². The Kier molecular flexibility index (Phi) is 4.45. The van der Waals surface area contributed by atoms with Crippen molar-refractivity contribution in [2.45, 2.75) is 20.3 Å². The van der Waals surface area contributed by atoms with Gasteiger partial charge in [-0.25, -0.2) is 13.8 Å². The van der Waals surface area contributed by atoms with E-state index >= 15 is 0 Å². The van der Waals surface area contributed by atoms with Crippen LogP contribution in [0.5, 0.6) is 0 Å². The van der Waals surface area contributed by atoms with Crippen LogP contribution in [0.25, 0.3) is 0 Å². The molecule has 0 amide bonds. The van der Waals surface area contributed by atoms with Crippen molar-refractivity contribution in [3.63, 3.8) is 0 Å². The summed E-state index contributed by atoms with van der Waals surface area (Å²) in [7, 11) is 0. The Bertz CT molecular complexity index is 581. The summed E-state index contributed by atoms with van der Waals surface area (Å²) in [5, 5.41) is 5.73. The van der Waals surface area contributed by atoms with Gasteiger partial charge in [0.05, 0.1) is 6.20 Å². The molecule has 0 atom stereocenters. The summed E-state index contributed by atoms with van der Waals surface area (Å²) in [6.07, 6.45) is 1.99. The largest absolute Gasteiger partial charge is 0.354 e. The third-order valence-corrected chi connectivity index (χ3v) is 2.58. The monoisotopic (exact) mass is 278 g/mol. The molecule has 0 fully saturated rings. The molecule has 20 heavy (non-hydrogen) atoms. The molecule has 2 N–H and O–H groups in total. The molecule has 0 unspecified atom stereocenters. The van der Waals surface area contributed by atoms with E-state index < -0.39 is 5.82 Å². The minimum absolute atomic E-state index is 0.0172. The van der Waals surface area contributed by atoms with Gasteiger partial charge in [0, 0.05) is 12.2 Å². The number of rotatable bonds is 5. The van der Waals surface area contributed by atoms with E-state index in [1.165, 1.54) is 12.1 Å². The Labute approximate surface area is 116 Å². The highest BCUT2D eigenvalue weighted by molar-refractivity contribution is 5.58. The lowest BCUT2D eigenvalue weighted by Crippen LogP contribution is -2.07. The number of hydrogen-bond donors (Lipinski definition) is 2. The van der Waals surface area contributed by atoms with Gasteiger partial charge in [-0.1, -0.05) is 6.92 Å². The van der Waals surface area contributed by atoms with Gasteiger partial charge in [-0.05, 0) is 37.1 Å². The van der Waals surface area contributed by atoms with E-state index in [0.29, 0.717) is 18.2 Å². The molecule has 2 rings (SSSR count). The van der Waals surface area contributed by atoms with Gasteiger partial charge >= 0.3 is 0 Å². The molecule has 0 saturated heterocycles. The first kappa shape index (κ1) is 14.2. The van der Waals surface area contributed by atoms with Crippen LogP contribution in [-0.2, 0) is 0 Å². The topological polar surface area (TPSA) is 49.8 Å². The van der Waals surface area contributed by atoms with Crippen molar-refractivity contribution >= 4 is 17.5 Å². The van der Waals surface area contributed by atoms with Crippen molar-refractivity contribution in [3.8, 4) is 0 Å². The molecule has 1 aromatic heterocycles. The molecule has 1 heterocycles. The van der Waals surface area contributed by atoms with Gasteiger partial charge in [0.15, 0.2) is 11.6 Å². The molecule has 0 radical (unpaired) electrons. The maximum absolute atomic E-state index is 13.7. The highest BCUT2D eigenvalue weighted by Gasteiger charge is 2.08. The van der Waals surface area contributed by atoms with E-state index in [1.54, 1.807) is 13.0 Å². The first-order chi connectivity index (χ1) is 9.58. The first-order valence-corrected chi connectivity index (χ1v) is 6.39. The summed E-state index contributed by atoms with van der Waals surface area (Å²) < 4.78 is 27.0. The number of benzene rings is 1. The number of aromatic nitrogens is 2. The van der Waals surface area contributed by atoms with Crippen LogP contribution in [0.15, 0.2) is 24.4 Å². The van der Waals surface area contributed by atoms with Crippen LogP contribution in [0.2, 0.25) is 0 Å². The maximum Gasteiger partial charge on any atom is 0.224 e. The van der Waals surface area contributed by atoms with Crippen LogP contribution in [0.4, 0.5) is 26.2 Å². The summed E-state index contributed by atoms with van der Waals surface area (Å²) in [5.41, 5.74) is 1.19. The summed E-state index contributed by atoms with van der Waals surface area (Å²) in [6.45, 7) is 4.47. The summed E-state index contributed by atoms with van der Waals surface area (Å²) in [6, 6.07) is 4.40. The maximum atomic E-state index is 13.7. The normalized spacial score (nSPS) is 10.4. The molecule has 106 valence electrons. The number of nitrogens with one attached hydrogen (secondary N) is 2. The van der Waals surface area contributed by atoms with E-state index in [1.807, 2.05) is 6.92 Å². The summed E-state index contributed by atoms with van der Waals surface area (Å²) in [4.78, 5) is 7.88. The predicted octanol–water partition coefficient (Wildman–Crippen LogP) is 3.63. The second-order valence-corrected chi connectivity index (χ2v) is 4.46. The minimum atomic E-state index is -0.589. The third-order valence-electron chi connectivity index (χ3n) is 2.58. The van der Waals surface area contributed by atoms with Crippen molar-refractivity contribution in [2.24, 2.45) is 0 Å². The molecular formula is C14H16F2N4. The van der Waals surface area contributed by atoms with E-state index in [2.05, 4.69) is 20.6 Å². The zero-order valence-electron chi connectivity index (χ0n) is 11.4. The second-order valence-electron chi connectivity index (χ2n) is 4.46. The molecule has 0 aliphatic carbocycles. The molecule has 1 aromatic carbocycles. The lowest BCUT2D eigenvalue weighted by atomic mass is 10.2. The predicted molar refractivity (Wildman–Crippen MR) is 75.2 cm³/mol. The van der Waals surface area contributed by atoms with E-state index in [0.717, 1.165) is 18.2 Å². The Balaban J connectivity index is 2.23. The molecule has 0 bridgehead atoms. The number of nitrogens with zero attached hydrogens (tertiary/aromatic N) is 2.